The molecule has 3 aliphatic rings. The Kier molecular flexibility index (Phi) is 7.54. The standard InChI is InChI=1S/C27H29NO10.ClH/c1-10-22(30)14(28)7-17(37-10)38-16-9-27(35,11(2)29)8-13-19(16)26(34)21-20(24(13)32)23(31)12-5-4-6-15(36-3)18(12)25(21)33;/h4-6,10,14,16-17,22,30,32,34-35H,7-9,28H2,1-3H3;1H/t10-,14-,16+,17-,22-,27-;/m0./s1. The summed E-state index contributed by atoms with van der Waals surface area (Å²) in [6, 6.07) is 3.75. The molecule has 12 heteroatoms. The smallest absolute Gasteiger partial charge is 0.202 e. The molecular formula is C27H30ClNO10. The van der Waals surface area contributed by atoms with Gasteiger partial charge in [-0.05, 0) is 19.9 Å². The van der Waals surface area contributed by atoms with E-state index >= 15 is 0 Å². The molecule has 0 bridgehead atoms. The number of halogens is 1. The van der Waals surface area contributed by atoms with Gasteiger partial charge < -0.3 is 40.4 Å². The van der Waals surface area contributed by atoms with Crippen LogP contribution in [0.1, 0.15) is 75.8 Å². The van der Waals surface area contributed by atoms with E-state index in [1.54, 1.807) is 6.92 Å². The van der Waals surface area contributed by atoms with E-state index < -0.39 is 82.6 Å². The zero-order chi connectivity index (χ0) is 27.7. The van der Waals surface area contributed by atoms with Crippen LogP contribution in [0, 0.1) is 0 Å². The third-order valence-corrected chi connectivity index (χ3v) is 7.80. The molecule has 11 nitrogen and oxygen atoms in total. The van der Waals surface area contributed by atoms with Gasteiger partial charge in [0.25, 0.3) is 0 Å². The van der Waals surface area contributed by atoms with Crippen LogP contribution in [0.15, 0.2) is 18.2 Å². The first kappa shape index (κ1) is 28.9. The largest absolute Gasteiger partial charge is 0.507 e. The molecule has 2 aliphatic carbocycles. The predicted molar refractivity (Wildman–Crippen MR) is 138 cm³/mol. The van der Waals surface area contributed by atoms with Gasteiger partial charge in [0.1, 0.15) is 22.8 Å². The number of Topliss-reactive ketones (excluding diaryl/α,β-unsaturated/α-hetero) is 1. The molecular weight excluding hydrogens is 534 g/mol. The first-order valence-corrected chi connectivity index (χ1v) is 12.2. The number of rotatable bonds is 4. The van der Waals surface area contributed by atoms with Crippen molar-refractivity contribution in [3.63, 3.8) is 0 Å². The number of phenolic OH excluding ortho intramolecular Hbond substituents is 2. The fourth-order valence-electron chi connectivity index (χ4n) is 5.66. The maximum atomic E-state index is 13.6. The van der Waals surface area contributed by atoms with E-state index in [1.165, 1.54) is 32.2 Å². The number of aromatic hydroxyl groups is 2. The van der Waals surface area contributed by atoms with Crippen molar-refractivity contribution in [3.8, 4) is 17.2 Å². The number of ether oxygens (including phenoxy) is 3. The molecule has 0 spiro atoms. The summed E-state index contributed by atoms with van der Waals surface area (Å²) in [7, 11) is 1.34. The number of fused-ring (bicyclic) bond motifs is 3. The highest BCUT2D eigenvalue weighted by Gasteiger charge is 2.49. The zero-order valence-corrected chi connectivity index (χ0v) is 22.3. The Labute approximate surface area is 229 Å². The van der Waals surface area contributed by atoms with Gasteiger partial charge in [0.2, 0.25) is 5.78 Å². The van der Waals surface area contributed by atoms with Crippen molar-refractivity contribution in [2.24, 2.45) is 5.73 Å². The van der Waals surface area contributed by atoms with Crippen molar-refractivity contribution in [3.05, 3.63) is 51.6 Å². The van der Waals surface area contributed by atoms with Gasteiger partial charge in [-0.1, -0.05) is 12.1 Å². The van der Waals surface area contributed by atoms with Crippen LogP contribution in [0.2, 0.25) is 0 Å². The summed E-state index contributed by atoms with van der Waals surface area (Å²) in [6.07, 6.45) is -4.53. The minimum atomic E-state index is -2.00. The lowest BCUT2D eigenvalue weighted by Crippen LogP contribution is -2.52. The molecule has 2 aromatic carbocycles. The van der Waals surface area contributed by atoms with Gasteiger partial charge in [0.15, 0.2) is 17.9 Å². The number of aliphatic hydroxyl groups excluding tert-OH is 1. The van der Waals surface area contributed by atoms with E-state index in [1.807, 2.05) is 0 Å². The monoisotopic (exact) mass is 563 g/mol. The minimum absolute atomic E-state index is 0. The summed E-state index contributed by atoms with van der Waals surface area (Å²) in [6.45, 7) is 2.79. The molecule has 6 atom stereocenters. The van der Waals surface area contributed by atoms with E-state index in [0.29, 0.717) is 0 Å². The number of methoxy groups -OCH3 is 1. The zero-order valence-electron chi connectivity index (χ0n) is 21.5. The van der Waals surface area contributed by atoms with E-state index in [4.69, 9.17) is 19.9 Å². The van der Waals surface area contributed by atoms with E-state index in [2.05, 4.69) is 0 Å². The Morgan fingerprint density at radius 3 is 2.41 bits per heavy atom. The maximum Gasteiger partial charge on any atom is 0.202 e. The summed E-state index contributed by atoms with van der Waals surface area (Å²) in [5.41, 5.74) is 2.97. The molecule has 6 N–H and O–H groups in total. The molecule has 5 rings (SSSR count). The SMILES string of the molecule is COc1cccc2c1C(=O)c1c(O)c3c(c(O)c1C2=O)C[C@@](O)(C(C)=O)C[C@H]3O[C@H]1C[C@H](N)[C@@H](O)[C@H](C)O1.Cl. The molecule has 1 saturated heterocycles. The van der Waals surface area contributed by atoms with Crippen LogP contribution < -0.4 is 10.5 Å². The number of phenols is 2. The molecule has 0 radical (unpaired) electrons. The van der Waals surface area contributed by atoms with Crippen LogP contribution >= 0.6 is 12.4 Å². The molecule has 39 heavy (non-hydrogen) atoms. The summed E-state index contributed by atoms with van der Waals surface area (Å²) in [5, 5.41) is 44.1. The summed E-state index contributed by atoms with van der Waals surface area (Å²) < 4.78 is 17.1. The normalized spacial score (nSPS) is 29.5. The Bertz CT molecular complexity index is 1370. The number of benzene rings is 2. The number of carbonyl (C=O) groups is 3. The van der Waals surface area contributed by atoms with E-state index in [-0.39, 0.29) is 53.3 Å². The van der Waals surface area contributed by atoms with Crippen LogP contribution in [-0.2, 0) is 20.7 Å². The second kappa shape index (κ2) is 10.2. The number of hydrogen-bond donors (Lipinski definition) is 5. The van der Waals surface area contributed by atoms with Gasteiger partial charge in [0, 0.05) is 42.0 Å². The molecule has 2 aromatic rings. The van der Waals surface area contributed by atoms with Crippen LogP contribution in [-0.4, -0.2) is 75.0 Å². The quantitative estimate of drug-likeness (QED) is 0.289. The van der Waals surface area contributed by atoms with Gasteiger partial charge in [0.05, 0.1) is 42.1 Å². The van der Waals surface area contributed by atoms with Crippen molar-refractivity contribution in [1.29, 1.82) is 0 Å². The third-order valence-electron chi connectivity index (χ3n) is 7.80. The molecule has 1 aliphatic heterocycles. The molecule has 210 valence electrons. The van der Waals surface area contributed by atoms with Crippen molar-refractivity contribution in [1.82, 2.24) is 0 Å². The topological polar surface area (TPSA) is 186 Å². The summed E-state index contributed by atoms with van der Waals surface area (Å²) in [5.74, 6) is -3.18. The molecule has 0 aromatic heterocycles. The highest BCUT2D eigenvalue weighted by atomic mass is 35.5. The number of carbonyl (C=O) groups excluding carboxylic acids is 3. The average molecular weight is 564 g/mol. The van der Waals surface area contributed by atoms with Crippen molar-refractivity contribution >= 4 is 29.8 Å². The fraction of sp³-hybridized carbons (Fsp3) is 0.444. The van der Waals surface area contributed by atoms with Crippen LogP contribution in [0.3, 0.4) is 0 Å². The third kappa shape index (κ3) is 4.39. The van der Waals surface area contributed by atoms with Crippen molar-refractivity contribution < 1.29 is 49.0 Å². The van der Waals surface area contributed by atoms with Gasteiger partial charge in [-0.2, -0.15) is 0 Å². The second-order valence-electron chi connectivity index (χ2n) is 10.1. The van der Waals surface area contributed by atoms with Gasteiger partial charge >= 0.3 is 0 Å². The summed E-state index contributed by atoms with van der Waals surface area (Å²) in [4.78, 5) is 39.6. The minimum Gasteiger partial charge on any atom is -0.507 e. The number of hydrogen-bond acceptors (Lipinski definition) is 11. The lowest BCUT2D eigenvalue weighted by atomic mass is 9.72. The van der Waals surface area contributed by atoms with E-state index in [0.717, 1.165) is 0 Å². The second-order valence-corrected chi connectivity index (χ2v) is 10.1. The first-order valence-electron chi connectivity index (χ1n) is 12.2. The lowest BCUT2D eigenvalue weighted by Gasteiger charge is -2.42. The number of aliphatic hydroxyl groups is 2. The highest BCUT2D eigenvalue weighted by Crippen LogP contribution is 2.52. The average Bonchev–Trinajstić information content (AvgIpc) is 2.87. The maximum absolute atomic E-state index is 13.6. The Balaban J connectivity index is 0.00000353. The van der Waals surface area contributed by atoms with Crippen molar-refractivity contribution in [2.45, 2.75) is 69.4 Å². The van der Waals surface area contributed by atoms with Crippen LogP contribution in [0.4, 0.5) is 0 Å². The molecule has 0 amide bonds. The molecule has 0 saturated carbocycles. The Morgan fingerprint density at radius 1 is 1.13 bits per heavy atom. The van der Waals surface area contributed by atoms with Crippen LogP contribution in [0.5, 0.6) is 17.2 Å². The fourth-order valence-corrected chi connectivity index (χ4v) is 5.66. The lowest BCUT2D eigenvalue weighted by molar-refractivity contribution is -0.247. The molecule has 0 unspecified atom stereocenters. The number of nitrogens with two attached hydrogens (primary N) is 1. The van der Waals surface area contributed by atoms with Crippen LogP contribution in [0.25, 0.3) is 0 Å². The van der Waals surface area contributed by atoms with Gasteiger partial charge in [-0.15, -0.1) is 12.4 Å². The predicted octanol–water partition coefficient (Wildman–Crippen LogP) is 1.45. The summed E-state index contributed by atoms with van der Waals surface area (Å²) >= 11 is 0. The van der Waals surface area contributed by atoms with Gasteiger partial charge in [-0.25, -0.2) is 0 Å². The Hall–Kier alpha value is -3.06. The van der Waals surface area contributed by atoms with Gasteiger partial charge in [-0.3, -0.25) is 14.4 Å². The molecule has 1 heterocycles. The van der Waals surface area contributed by atoms with E-state index in [9.17, 15) is 34.8 Å². The number of ketones is 3. The van der Waals surface area contributed by atoms with Crippen molar-refractivity contribution in [2.75, 3.05) is 7.11 Å². The highest BCUT2D eigenvalue weighted by molar-refractivity contribution is 6.31. The Morgan fingerprint density at radius 2 is 1.79 bits per heavy atom. The first-order chi connectivity index (χ1) is 17.9. The molecule has 1 fully saturated rings.